The fourth-order valence-corrected chi connectivity index (χ4v) is 2.11. The van der Waals surface area contributed by atoms with Crippen molar-refractivity contribution in [3.8, 4) is 0 Å². The van der Waals surface area contributed by atoms with E-state index in [-0.39, 0.29) is 0 Å². The molecule has 1 heterocycles. The van der Waals surface area contributed by atoms with Crippen molar-refractivity contribution in [2.45, 2.75) is 24.7 Å². The van der Waals surface area contributed by atoms with Crippen LogP contribution in [0.15, 0.2) is 23.3 Å². The Kier molecular flexibility index (Phi) is 1.72. The zero-order valence-electron chi connectivity index (χ0n) is 5.75. The van der Waals surface area contributed by atoms with E-state index in [1.165, 1.54) is 24.8 Å². The quantitative estimate of drug-likeness (QED) is 0.537. The number of allylic oxidation sites excluding steroid dienone is 1. The molecular weight excluding hydrogens is 144 g/mol. The lowest BCUT2D eigenvalue weighted by Gasteiger charge is -2.09. The molecule has 0 amide bonds. The molecule has 0 saturated carbocycles. The van der Waals surface area contributed by atoms with Gasteiger partial charge >= 0.3 is 0 Å². The Labute approximate surface area is 65.1 Å². The Bertz CT molecular complexity index is 176. The van der Waals surface area contributed by atoms with E-state index in [9.17, 15) is 0 Å². The topological polar surface area (TPSA) is 9.23 Å². The standard InChI is InChI=1S/C8H10OS/c1-2-4-7(3-1)8-9-5-6-10-8/h3,5-6,8H,1-2,4H2. The van der Waals surface area contributed by atoms with Crippen molar-refractivity contribution in [3.63, 3.8) is 0 Å². The zero-order valence-corrected chi connectivity index (χ0v) is 6.56. The Balaban J connectivity index is 1.99. The summed E-state index contributed by atoms with van der Waals surface area (Å²) in [5.74, 6) is 0. The number of hydrogen-bond acceptors (Lipinski definition) is 2. The largest absolute Gasteiger partial charge is 0.482 e. The SMILES string of the molecule is C1=CSC(C2=CCCC2)O1. The number of rotatable bonds is 1. The summed E-state index contributed by atoms with van der Waals surface area (Å²) in [4.78, 5) is 0. The number of hydrogen-bond donors (Lipinski definition) is 0. The van der Waals surface area contributed by atoms with Crippen LogP contribution in [0.4, 0.5) is 0 Å². The highest BCUT2D eigenvalue weighted by Gasteiger charge is 2.19. The van der Waals surface area contributed by atoms with E-state index in [2.05, 4.69) is 6.08 Å². The molecule has 1 aliphatic heterocycles. The second-order valence-electron chi connectivity index (χ2n) is 2.55. The normalized spacial score (nSPS) is 30.4. The van der Waals surface area contributed by atoms with E-state index in [4.69, 9.17) is 4.74 Å². The monoisotopic (exact) mass is 154 g/mol. The highest BCUT2D eigenvalue weighted by molar-refractivity contribution is 8.02. The van der Waals surface area contributed by atoms with Crippen molar-refractivity contribution in [1.29, 1.82) is 0 Å². The van der Waals surface area contributed by atoms with Gasteiger partial charge in [-0.15, -0.1) is 0 Å². The first kappa shape index (κ1) is 6.35. The average molecular weight is 154 g/mol. The van der Waals surface area contributed by atoms with Crippen molar-refractivity contribution < 1.29 is 4.74 Å². The molecule has 1 unspecified atom stereocenters. The summed E-state index contributed by atoms with van der Waals surface area (Å²) in [5, 5.41) is 2.02. The van der Waals surface area contributed by atoms with Crippen molar-refractivity contribution in [2.75, 3.05) is 0 Å². The first-order chi connectivity index (χ1) is 4.97. The molecule has 0 radical (unpaired) electrons. The van der Waals surface area contributed by atoms with Gasteiger partial charge < -0.3 is 4.74 Å². The fraction of sp³-hybridized carbons (Fsp3) is 0.500. The summed E-state index contributed by atoms with van der Waals surface area (Å²) in [5.41, 5.74) is 1.80. The minimum Gasteiger partial charge on any atom is -0.482 e. The summed E-state index contributed by atoms with van der Waals surface area (Å²) in [6.45, 7) is 0. The molecule has 0 spiro atoms. The van der Waals surface area contributed by atoms with Crippen LogP contribution in [0.3, 0.4) is 0 Å². The molecule has 2 rings (SSSR count). The van der Waals surface area contributed by atoms with Crippen LogP contribution in [0.25, 0.3) is 0 Å². The molecule has 2 aliphatic rings. The molecule has 10 heavy (non-hydrogen) atoms. The number of ether oxygens (including phenoxy) is 1. The summed E-state index contributed by atoms with van der Waals surface area (Å²) >= 11 is 1.77. The van der Waals surface area contributed by atoms with Gasteiger partial charge in [0.2, 0.25) is 0 Å². The van der Waals surface area contributed by atoms with Gasteiger partial charge in [0.15, 0.2) is 5.44 Å². The molecule has 0 aromatic rings. The van der Waals surface area contributed by atoms with Gasteiger partial charge in [-0.3, -0.25) is 0 Å². The summed E-state index contributed by atoms with van der Waals surface area (Å²) in [6.07, 6.45) is 7.89. The maximum absolute atomic E-state index is 5.35. The van der Waals surface area contributed by atoms with Gasteiger partial charge in [0, 0.05) is 5.41 Å². The molecule has 1 nitrogen and oxygen atoms in total. The smallest absolute Gasteiger partial charge is 0.168 e. The van der Waals surface area contributed by atoms with Gasteiger partial charge in [0.25, 0.3) is 0 Å². The molecule has 0 N–H and O–H groups in total. The lowest BCUT2D eigenvalue weighted by molar-refractivity contribution is 0.257. The third kappa shape index (κ3) is 1.08. The minimum absolute atomic E-state index is 0.322. The maximum Gasteiger partial charge on any atom is 0.168 e. The Hall–Kier alpha value is -0.370. The van der Waals surface area contributed by atoms with Crippen molar-refractivity contribution in [1.82, 2.24) is 0 Å². The first-order valence-corrected chi connectivity index (χ1v) is 4.56. The second kappa shape index (κ2) is 2.70. The van der Waals surface area contributed by atoms with E-state index < -0.39 is 0 Å². The molecule has 1 atom stereocenters. The molecular formula is C8H10OS. The summed E-state index contributed by atoms with van der Waals surface area (Å²) in [6, 6.07) is 0. The van der Waals surface area contributed by atoms with E-state index >= 15 is 0 Å². The fourth-order valence-electron chi connectivity index (χ4n) is 1.32. The Morgan fingerprint density at radius 1 is 1.60 bits per heavy atom. The van der Waals surface area contributed by atoms with Crippen molar-refractivity contribution in [3.05, 3.63) is 23.3 Å². The third-order valence-corrected chi connectivity index (χ3v) is 2.77. The molecule has 1 aliphatic carbocycles. The van der Waals surface area contributed by atoms with Gasteiger partial charge in [-0.2, -0.15) is 0 Å². The van der Waals surface area contributed by atoms with Crippen LogP contribution in [0.1, 0.15) is 19.3 Å². The van der Waals surface area contributed by atoms with Crippen LogP contribution < -0.4 is 0 Å². The van der Waals surface area contributed by atoms with Gasteiger partial charge in [-0.25, -0.2) is 0 Å². The lowest BCUT2D eigenvalue weighted by atomic mass is 10.2. The predicted molar refractivity (Wildman–Crippen MR) is 43.5 cm³/mol. The molecule has 0 aromatic carbocycles. The van der Waals surface area contributed by atoms with Gasteiger partial charge in [-0.05, 0) is 24.8 Å². The van der Waals surface area contributed by atoms with Crippen LogP contribution in [-0.2, 0) is 4.74 Å². The minimum atomic E-state index is 0.322. The molecule has 54 valence electrons. The van der Waals surface area contributed by atoms with Crippen LogP contribution >= 0.6 is 11.8 Å². The Morgan fingerprint density at radius 2 is 2.60 bits per heavy atom. The lowest BCUT2D eigenvalue weighted by Crippen LogP contribution is -2.01. The molecule has 0 fully saturated rings. The van der Waals surface area contributed by atoms with Crippen LogP contribution in [0.5, 0.6) is 0 Å². The van der Waals surface area contributed by atoms with Crippen LogP contribution in [0.2, 0.25) is 0 Å². The van der Waals surface area contributed by atoms with Gasteiger partial charge in [0.1, 0.15) is 0 Å². The summed E-state index contributed by atoms with van der Waals surface area (Å²) < 4.78 is 5.35. The van der Waals surface area contributed by atoms with Crippen molar-refractivity contribution >= 4 is 11.8 Å². The third-order valence-electron chi connectivity index (χ3n) is 1.84. The summed E-state index contributed by atoms with van der Waals surface area (Å²) in [7, 11) is 0. The predicted octanol–water partition coefficient (Wildman–Crippen LogP) is 2.66. The van der Waals surface area contributed by atoms with Crippen LogP contribution in [0, 0.1) is 0 Å². The van der Waals surface area contributed by atoms with Crippen molar-refractivity contribution in [2.24, 2.45) is 0 Å². The van der Waals surface area contributed by atoms with E-state index in [1.54, 1.807) is 18.0 Å². The molecule has 0 aromatic heterocycles. The zero-order chi connectivity index (χ0) is 6.81. The highest BCUT2D eigenvalue weighted by atomic mass is 32.2. The van der Waals surface area contributed by atoms with Gasteiger partial charge in [-0.1, -0.05) is 17.8 Å². The number of thioether (sulfide) groups is 1. The van der Waals surface area contributed by atoms with Crippen LogP contribution in [-0.4, -0.2) is 5.44 Å². The van der Waals surface area contributed by atoms with Gasteiger partial charge in [0.05, 0.1) is 6.26 Å². The average Bonchev–Trinajstić information content (AvgIpc) is 2.59. The highest BCUT2D eigenvalue weighted by Crippen LogP contribution is 2.33. The molecule has 0 bridgehead atoms. The second-order valence-corrected chi connectivity index (χ2v) is 3.52. The first-order valence-electron chi connectivity index (χ1n) is 3.62. The van der Waals surface area contributed by atoms with E-state index in [0.717, 1.165) is 0 Å². The van der Waals surface area contributed by atoms with E-state index in [0.29, 0.717) is 5.44 Å². The Morgan fingerprint density at radius 3 is 3.20 bits per heavy atom. The maximum atomic E-state index is 5.35. The molecule has 2 heteroatoms. The van der Waals surface area contributed by atoms with E-state index in [1.807, 2.05) is 5.41 Å². The molecule has 0 saturated heterocycles.